The third-order valence-electron chi connectivity index (χ3n) is 3.57. The Morgan fingerprint density at radius 1 is 1.22 bits per heavy atom. The second kappa shape index (κ2) is 5.22. The molecule has 120 valence electrons. The molecule has 6 heteroatoms. The Bertz CT molecular complexity index is 884. The van der Waals surface area contributed by atoms with Crippen LogP contribution in [-0.4, -0.2) is 16.0 Å². The highest BCUT2D eigenvalue weighted by molar-refractivity contribution is 6.08. The van der Waals surface area contributed by atoms with Crippen LogP contribution in [0.15, 0.2) is 27.1 Å². The van der Waals surface area contributed by atoms with E-state index in [4.69, 9.17) is 8.94 Å². The zero-order chi connectivity index (χ0) is 16.8. The van der Waals surface area contributed by atoms with E-state index in [2.05, 4.69) is 15.5 Å². The predicted octanol–water partition coefficient (Wildman–Crippen LogP) is 3.98. The van der Waals surface area contributed by atoms with Crippen molar-refractivity contribution in [3.63, 3.8) is 0 Å². The van der Waals surface area contributed by atoms with E-state index in [0.29, 0.717) is 39.7 Å². The highest BCUT2D eigenvalue weighted by atomic mass is 16.5. The number of carbonyl (C=O) groups is 1. The molecule has 1 N–H and O–H groups in total. The number of oxazole rings is 1. The van der Waals surface area contributed by atoms with Gasteiger partial charge in [0.1, 0.15) is 22.5 Å². The first-order valence-electron chi connectivity index (χ1n) is 7.41. The summed E-state index contributed by atoms with van der Waals surface area (Å²) in [4.78, 5) is 17.0. The number of aromatic nitrogens is 2. The average Bonchev–Trinajstić information content (AvgIpc) is 3.01. The van der Waals surface area contributed by atoms with Gasteiger partial charge < -0.3 is 14.3 Å². The quantitative estimate of drug-likeness (QED) is 0.774. The Balaban J connectivity index is 2.01. The molecular weight excluding hydrogens is 294 g/mol. The van der Waals surface area contributed by atoms with E-state index in [1.54, 1.807) is 19.9 Å². The number of fused-ring (bicyclic) bond motifs is 1. The number of carbonyl (C=O) groups excluding carboxylic acids is 1. The molecule has 0 aliphatic carbocycles. The average molecular weight is 313 g/mol. The Morgan fingerprint density at radius 2 is 1.96 bits per heavy atom. The van der Waals surface area contributed by atoms with Crippen molar-refractivity contribution in [1.82, 2.24) is 10.1 Å². The first-order valence-corrected chi connectivity index (χ1v) is 7.41. The van der Waals surface area contributed by atoms with Gasteiger partial charge in [-0.15, -0.1) is 0 Å². The summed E-state index contributed by atoms with van der Waals surface area (Å²) in [6.45, 7) is 9.47. The molecule has 1 amide bonds. The molecule has 0 aliphatic heterocycles. The first-order chi connectivity index (χ1) is 10.8. The summed E-state index contributed by atoms with van der Waals surface area (Å²) in [7, 11) is 0. The van der Waals surface area contributed by atoms with Crippen LogP contribution in [0.3, 0.4) is 0 Å². The molecule has 0 saturated heterocycles. The Hall–Kier alpha value is -2.63. The van der Waals surface area contributed by atoms with Crippen LogP contribution in [0.25, 0.3) is 11.1 Å². The molecule has 0 saturated carbocycles. The molecule has 6 nitrogen and oxygen atoms in total. The summed E-state index contributed by atoms with van der Waals surface area (Å²) < 4.78 is 10.8. The van der Waals surface area contributed by atoms with Gasteiger partial charge in [-0.1, -0.05) is 32.0 Å². The number of hydrogen-bond acceptors (Lipinski definition) is 5. The summed E-state index contributed by atoms with van der Waals surface area (Å²) in [6, 6.07) is 5.45. The van der Waals surface area contributed by atoms with Crippen molar-refractivity contribution in [2.45, 2.75) is 40.0 Å². The van der Waals surface area contributed by atoms with E-state index in [9.17, 15) is 4.79 Å². The summed E-state index contributed by atoms with van der Waals surface area (Å²) in [5, 5.41) is 6.93. The van der Waals surface area contributed by atoms with Crippen molar-refractivity contribution in [1.29, 1.82) is 0 Å². The zero-order valence-electron chi connectivity index (χ0n) is 13.9. The van der Waals surface area contributed by atoms with Crippen LogP contribution in [0.2, 0.25) is 0 Å². The lowest BCUT2D eigenvalue weighted by Crippen LogP contribution is -2.21. The monoisotopic (exact) mass is 313 g/mol. The van der Waals surface area contributed by atoms with E-state index in [1.807, 2.05) is 32.9 Å². The van der Waals surface area contributed by atoms with Crippen molar-refractivity contribution in [2.24, 2.45) is 0 Å². The number of amides is 1. The maximum Gasteiger partial charge on any atom is 0.261 e. The molecule has 0 spiro atoms. The number of rotatable bonds is 2. The fraction of sp³-hybridized carbons (Fsp3) is 0.353. The van der Waals surface area contributed by atoms with Crippen LogP contribution in [0.4, 0.5) is 5.69 Å². The van der Waals surface area contributed by atoms with E-state index in [-0.39, 0.29) is 11.3 Å². The number of para-hydroxylation sites is 1. The van der Waals surface area contributed by atoms with Gasteiger partial charge in [0.25, 0.3) is 5.91 Å². The number of anilines is 1. The van der Waals surface area contributed by atoms with Crippen LogP contribution in [0.1, 0.15) is 48.5 Å². The second-order valence-electron chi connectivity index (χ2n) is 6.55. The van der Waals surface area contributed by atoms with Gasteiger partial charge in [-0.05, 0) is 19.1 Å². The number of benzene rings is 1. The summed E-state index contributed by atoms with van der Waals surface area (Å²) >= 11 is 0. The van der Waals surface area contributed by atoms with E-state index < -0.39 is 0 Å². The van der Waals surface area contributed by atoms with Gasteiger partial charge in [0.2, 0.25) is 0 Å². The minimum Gasteiger partial charge on any atom is -0.439 e. The largest absolute Gasteiger partial charge is 0.439 e. The summed E-state index contributed by atoms with van der Waals surface area (Å²) in [5.74, 6) is 0.779. The maximum absolute atomic E-state index is 12.7. The van der Waals surface area contributed by atoms with Crippen LogP contribution < -0.4 is 5.32 Å². The molecule has 23 heavy (non-hydrogen) atoms. The minimum absolute atomic E-state index is 0.268. The molecule has 0 fully saturated rings. The third-order valence-corrected chi connectivity index (χ3v) is 3.57. The summed E-state index contributed by atoms with van der Waals surface area (Å²) in [5.41, 5.74) is 2.65. The molecule has 0 bridgehead atoms. The fourth-order valence-electron chi connectivity index (χ4n) is 2.50. The van der Waals surface area contributed by atoms with Gasteiger partial charge in [-0.2, -0.15) is 0 Å². The molecule has 3 aromatic rings. The molecule has 3 rings (SSSR count). The molecule has 0 unspecified atom stereocenters. The van der Waals surface area contributed by atoms with Crippen molar-refractivity contribution >= 4 is 22.7 Å². The van der Waals surface area contributed by atoms with Crippen molar-refractivity contribution in [3.8, 4) is 0 Å². The normalized spacial score (nSPS) is 11.9. The topological polar surface area (TPSA) is 81.2 Å². The number of aryl methyl sites for hydroxylation is 2. The highest BCUT2D eigenvalue weighted by Gasteiger charge is 2.29. The fourth-order valence-corrected chi connectivity index (χ4v) is 2.50. The maximum atomic E-state index is 12.7. The second-order valence-corrected chi connectivity index (χ2v) is 6.55. The van der Waals surface area contributed by atoms with Crippen LogP contribution in [0.5, 0.6) is 0 Å². The lowest BCUT2D eigenvalue weighted by atomic mass is 9.88. The van der Waals surface area contributed by atoms with Crippen LogP contribution >= 0.6 is 0 Å². The standard InChI is InChI=1S/C17H19N3O3/c1-9-13(15(20-23-9)17(3,4)5)16(21)19-12-8-6-7-11-14(12)22-10(2)18-11/h6-8H,1-5H3,(H,19,21). The molecule has 0 aliphatic rings. The Morgan fingerprint density at radius 3 is 2.65 bits per heavy atom. The smallest absolute Gasteiger partial charge is 0.261 e. The van der Waals surface area contributed by atoms with E-state index in [1.165, 1.54) is 0 Å². The molecule has 2 heterocycles. The Labute approximate surface area is 133 Å². The van der Waals surface area contributed by atoms with Gasteiger partial charge in [0.05, 0.1) is 5.69 Å². The molecule has 0 atom stereocenters. The highest BCUT2D eigenvalue weighted by Crippen LogP contribution is 2.29. The van der Waals surface area contributed by atoms with Gasteiger partial charge in [-0.25, -0.2) is 4.98 Å². The van der Waals surface area contributed by atoms with Gasteiger partial charge in [0.15, 0.2) is 11.5 Å². The SMILES string of the molecule is Cc1nc2cccc(NC(=O)c3c(C(C)(C)C)noc3C)c2o1. The van der Waals surface area contributed by atoms with Crippen molar-refractivity contribution < 1.29 is 13.7 Å². The van der Waals surface area contributed by atoms with E-state index >= 15 is 0 Å². The van der Waals surface area contributed by atoms with Gasteiger partial charge in [-0.3, -0.25) is 4.79 Å². The lowest BCUT2D eigenvalue weighted by Gasteiger charge is -2.16. The molecule has 0 radical (unpaired) electrons. The van der Waals surface area contributed by atoms with Crippen LogP contribution in [0, 0.1) is 13.8 Å². The molecule has 1 aromatic carbocycles. The Kier molecular flexibility index (Phi) is 3.47. The number of nitrogens with zero attached hydrogens (tertiary/aromatic N) is 2. The van der Waals surface area contributed by atoms with E-state index in [0.717, 1.165) is 0 Å². The zero-order valence-corrected chi connectivity index (χ0v) is 13.9. The van der Waals surface area contributed by atoms with Gasteiger partial charge in [0, 0.05) is 12.3 Å². The van der Waals surface area contributed by atoms with Crippen LogP contribution in [-0.2, 0) is 5.41 Å². The van der Waals surface area contributed by atoms with Gasteiger partial charge >= 0.3 is 0 Å². The van der Waals surface area contributed by atoms with Crippen molar-refractivity contribution in [3.05, 3.63) is 41.1 Å². The minimum atomic E-state index is -0.292. The summed E-state index contributed by atoms with van der Waals surface area (Å²) in [6.07, 6.45) is 0. The predicted molar refractivity (Wildman–Crippen MR) is 86.6 cm³/mol. The third kappa shape index (κ3) is 2.72. The number of hydrogen-bond donors (Lipinski definition) is 1. The lowest BCUT2D eigenvalue weighted by molar-refractivity contribution is 0.102. The molecular formula is C17H19N3O3. The molecule has 2 aromatic heterocycles. The number of nitrogens with one attached hydrogen (secondary N) is 1. The van der Waals surface area contributed by atoms with Crippen molar-refractivity contribution in [2.75, 3.05) is 5.32 Å². The first kappa shape index (κ1) is 15.3.